The Kier molecular flexibility index (Phi) is 48.6. The van der Waals surface area contributed by atoms with Gasteiger partial charge in [-0.3, -0.25) is 91.1 Å². The normalized spacial score (nSPS) is 16.0. The monoisotopic (exact) mass is 1880 g/mol. The summed E-state index contributed by atoms with van der Waals surface area (Å²) >= 11 is 0.863. The summed E-state index contributed by atoms with van der Waals surface area (Å²) in [6.07, 6.45) is -4.90. The van der Waals surface area contributed by atoms with Crippen molar-refractivity contribution in [1.29, 1.82) is 0 Å². The van der Waals surface area contributed by atoms with Gasteiger partial charge < -0.3 is 136 Å². The average molecular weight is 1880 g/mol. The molecule has 0 bridgehead atoms. The molecular formula is C86H127N17O28S. The van der Waals surface area contributed by atoms with Crippen LogP contribution in [0.3, 0.4) is 0 Å². The zero-order valence-electron chi connectivity index (χ0n) is 74.9. The fourth-order valence-electron chi connectivity index (χ4n) is 13.4. The molecule has 0 unspecified atom stereocenters. The van der Waals surface area contributed by atoms with E-state index in [0.29, 0.717) is 56.2 Å². The number of aliphatic hydroxyl groups excluding tert-OH is 4. The minimum absolute atomic E-state index is 0.0228. The van der Waals surface area contributed by atoms with Gasteiger partial charge in [-0.15, -0.1) is 11.8 Å². The molecule has 0 aromatic heterocycles. The molecule has 730 valence electrons. The van der Waals surface area contributed by atoms with E-state index in [1.165, 1.54) is 67.6 Å². The summed E-state index contributed by atoms with van der Waals surface area (Å²) in [6, 6.07) is -4.17. The minimum Gasteiger partial charge on any atom is -0.508 e. The number of rotatable bonds is 60. The highest BCUT2D eigenvalue weighted by Crippen LogP contribution is 2.20. The van der Waals surface area contributed by atoms with Gasteiger partial charge in [-0.05, 0) is 126 Å². The molecule has 46 heteroatoms. The Morgan fingerprint density at radius 1 is 0.432 bits per heavy atom. The first kappa shape index (κ1) is 112. The number of hydrogen-bond acceptors (Lipinski definition) is 27. The lowest BCUT2D eigenvalue weighted by Crippen LogP contribution is -2.63. The number of carbonyl (C=O) groups is 19. The van der Waals surface area contributed by atoms with Crippen LogP contribution < -0.4 is 85.5 Å². The maximum atomic E-state index is 14.7. The second-order valence-electron chi connectivity index (χ2n) is 32.6. The van der Waals surface area contributed by atoms with Crippen molar-refractivity contribution in [2.45, 2.75) is 248 Å². The van der Waals surface area contributed by atoms with Crippen molar-refractivity contribution in [1.82, 2.24) is 84.7 Å². The van der Waals surface area contributed by atoms with Gasteiger partial charge in [0.2, 0.25) is 94.5 Å². The first-order chi connectivity index (χ1) is 62.4. The summed E-state index contributed by atoms with van der Waals surface area (Å²) in [4.78, 5) is 259. The van der Waals surface area contributed by atoms with Gasteiger partial charge >= 0.3 is 17.9 Å². The molecule has 1 fully saturated rings. The van der Waals surface area contributed by atoms with E-state index in [2.05, 4.69) is 79.8 Å². The number of carboxylic acid groups (broad SMARTS) is 3. The van der Waals surface area contributed by atoms with E-state index in [1.54, 1.807) is 36.9 Å². The zero-order valence-corrected chi connectivity index (χ0v) is 75.7. The molecule has 0 saturated carbocycles. The quantitative estimate of drug-likeness (QED) is 0.0235. The summed E-state index contributed by atoms with van der Waals surface area (Å²) in [5.74, 6) is -23.1. The number of nitrogens with two attached hydrogens (primary N) is 1. The van der Waals surface area contributed by atoms with E-state index in [4.69, 9.17) is 5.73 Å². The van der Waals surface area contributed by atoms with Crippen LogP contribution in [-0.4, -0.2) is 311 Å². The maximum absolute atomic E-state index is 14.7. The first-order valence-electron chi connectivity index (χ1n) is 43.2. The molecule has 1 aliphatic rings. The molecule has 3 aromatic rings. The Morgan fingerprint density at radius 3 is 1.31 bits per heavy atom. The van der Waals surface area contributed by atoms with Gasteiger partial charge in [-0.25, -0.2) is 0 Å². The van der Waals surface area contributed by atoms with Gasteiger partial charge in [0, 0.05) is 57.3 Å². The van der Waals surface area contributed by atoms with Crippen LogP contribution in [0.15, 0.2) is 78.9 Å². The predicted octanol–water partition coefficient (Wildman–Crippen LogP) is -5.40. The smallest absolute Gasteiger partial charge is 0.305 e. The maximum Gasteiger partial charge on any atom is 0.305 e. The van der Waals surface area contributed by atoms with E-state index >= 15 is 0 Å². The zero-order chi connectivity index (χ0) is 98.6. The van der Waals surface area contributed by atoms with E-state index in [0.717, 1.165) is 25.6 Å². The van der Waals surface area contributed by atoms with Crippen molar-refractivity contribution in [2.24, 2.45) is 17.6 Å². The van der Waals surface area contributed by atoms with E-state index in [9.17, 15) is 137 Å². The Bertz CT molecular complexity index is 4400. The number of phenolic OH excluding ortho intramolecular Hbond substituents is 2. The van der Waals surface area contributed by atoms with Crippen molar-refractivity contribution in [3.63, 3.8) is 0 Å². The van der Waals surface area contributed by atoms with Crippen LogP contribution in [0.1, 0.15) is 149 Å². The largest absolute Gasteiger partial charge is 0.508 e. The molecule has 45 nitrogen and oxygen atoms in total. The summed E-state index contributed by atoms with van der Waals surface area (Å²) < 4.78 is 0. The van der Waals surface area contributed by atoms with Gasteiger partial charge in [-0.1, -0.05) is 95.1 Å². The molecule has 1 saturated heterocycles. The number of likely N-dealkylation sites (tertiary alicyclic amines) is 1. The van der Waals surface area contributed by atoms with Crippen molar-refractivity contribution in [3.8, 4) is 11.5 Å². The van der Waals surface area contributed by atoms with E-state index in [1.807, 2.05) is 20.8 Å². The number of aromatic hydroxyl groups is 2. The minimum atomic E-state index is -2.23. The number of carbonyl (C=O) groups excluding carboxylic acids is 16. The molecule has 1 heterocycles. The molecule has 132 heavy (non-hydrogen) atoms. The molecule has 1 aliphatic heterocycles. The fourth-order valence-corrected chi connectivity index (χ4v) is 14.1. The summed E-state index contributed by atoms with van der Waals surface area (Å²) in [5, 5.41) is 128. The van der Waals surface area contributed by atoms with Crippen LogP contribution in [-0.2, 0) is 110 Å². The van der Waals surface area contributed by atoms with Crippen molar-refractivity contribution >= 4 is 124 Å². The molecule has 0 spiro atoms. The number of thioether (sulfide) groups is 1. The third kappa shape index (κ3) is 40.4. The summed E-state index contributed by atoms with van der Waals surface area (Å²) in [5.41, 5.74) is 6.51. The van der Waals surface area contributed by atoms with Crippen LogP contribution in [0.2, 0.25) is 0 Å². The topological polar surface area (TPSA) is 716 Å². The lowest BCUT2D eigenvalue weighted by Gasteiger charge is -2.30. The number of aliphatic carboxylic acids is 3. The number of aliphatic hydroxyl groups is 4. The number of nitrogens with one attached hydrogen (secondary N) is 15. The molecule has 17 atom stereocenters. The lowest BCUT2D eigenvalue weighted by atomic mass is 9.96. The highest BCUT2D eigenvalue weighted by Gasteiger charge is 2.41. The van der Waals surface area contributed by atoms with Crippen LogP contribution >= 0.6 is 11.8 Å². The SMILES string of the molecule is CC[C@H](C)[C@H](NC(=O)[C@H](CO)NC(=O)[C@H](Cc1ccc(O)cc1)NC(=O)[C@H](CC(=O)O)NC(=O)[C@H](CO)NC(=O)[C@@H](NC(=O)[C@H](Cc1ccccc1)NC(=O)[C@@H](NC(=O)CNC(=O)[C@H](CCC(=O)O)NC(=O)CSCC(=O)NCCN1C(=O)CC[C@@H]1C)[C@@H](C)O)[C@@H](C)O)C(=O)N[C@@H](Cc1ccc(O)cc1)C(=O)N[C@@H](CCC(C)C)C(=O)N[C@@H](CC(=O)O)C(=O)N[C@H](C)CCCCN. The third-order valence-electron chi connectivity index (χ3n) is 21.2. The second kappa shape index (κ2) is 57.5. The van der Waals surface area contributed by atoms with E-state index < -0.39 is 261 Å². The molecular weight excluding hydrogens is 1750 g/mol. The van der Waals surface area contributed by atoms with E-state index in [-0.39, 0.29) is 78.8 Å². The molecule has 0 radical (unpaired) electrons. The number of unbranched alkanes of at least 4 members (excludes halogenated alkanes) is 1. The van der Waals surface area contributed by atoms with Gasteiger partial charge in [0.1, 0.15) is 84.0 Å². The highest BCUT2D eigenvalue weighted by molar-refractivity contribution is 8.00. The van der Waals surface area contributed by atoms with Gasteiger partial charge in [0.25, 0.3) is 0 Å². The van der Waals surface area contributed by atoms with Gasteiger partial charge in [0.05, 0.1) is 56.3 Å². The molecule has 4 rings (SSSR count). The Balaban J connectivity index is 1.53. The number of benzene rings is 3. The highest BCUT2D eigenvalue weighted by atomic mass is 32.2. The molecule has 0 aliphatic carbocycles. The molecule has 26 N–H and O–H groups in total. The van der Waals surface area contributed by atoms with Crippen molar-refractivity contribution in [2.75, 3.05) is 50.9 Å². The Labute approximate surface area is 766 Å². The number of nitrogens with zero attached hydrogens (tertiary/aromatic N) is 1. The molecule has 3 aromatic carbocycles. The predicted molar refractivity (Wildman–Crippen MR) is 474 cm³/mol. The van der Waals surface area contributed by atoms with Crippen LogP contribution in [0.5, 0.6) is 11.5 Å². The summed E-state index contributed by atoms with van der Waals surface area (Å²) in [6.45, 7) is 9.80. The molecule has 16 amide bonds. The average Bonchev–Trinajstić information content (AvgIpc) is 1.01. The van der Waals surface area contributed by atoms with Crippen molar-refractivity contribution < 1.29 is 137 Å². The lowest BCUT2D eigenvalue weighted by molar-refractivity contribution is -0.142. The van der Waals surface area contributed by atoms with Crippen LogP contribution in [0, 0.1) is 11.8 Å². The summed E-state index contributed by atoms with van der Waals surface area (Å²) in [7, 11) is 0. The number of phenols is 2. The third-order valence-corrected chi connectivity index (χ3v) is 22.1. The van der Waals surface area contributed by atoms with Crippen LogP contribution in [0.25, 0.3) is 0 Å². The van der Waals surface area contributed by atoms with Crippen LogP contribution in [0.4, 0.5) is 0 Å². The number of carboxylic acids is 3. The van der Waals surface area contributed by atoms with Crippen molar-refractivity contribution in [3.05, 3.63) is 95.6 Å². The second-order valence-corrected chi connectivity index (χ2v) is 33.6. The Morgan fingerprint density at radius 2 is 0.841 bits per heavy atom. The fraction of sp³-hybridized carbons (Fsp3) is 0.570. The Hall–Kier alpha value is -12.7. The standard InChI is InChI=1S/C86H127N17O28S/c1-9-46(4)72(84(129)96-59(37-53-22-26-55(109)27-23-53)78(123)92-57(28-18-45(2)3)76(121)94-61(38-70(116)117)77(122)90-47(5)15-13-14-32-87)101-83(128)64(42-105)98-79(124)58(36-52-20-24-54(108)25-21-52)93-80(125)62(39-71(118)119)95-82(127)63(41-104)99-86(131)74(50(8)107)102-81(126)60(35-51-16-11-10-12-17-51)97-85(130)73(49(7)106)100-65(110)40-89-75(120)56(29-31-69(114)115)91-67(112)44-132-43-66(111)88-33-34-103-48(6)19-30-68(103)113/h10-12,16-17,20-27,45-50,56-64,72-74,104-109H,9,13-15,18-19,28-44,87H2,1-8H3,(H,88,111)(H,89,120)(H,90,122)(H,91,112)(H,92,123)(H,93,125)(H,94,121)(H,95,127)(H,96,129)(H,97,130)(H,98,124)(H,99,131)(H,100,110)(H,101,128)(H,102,126)(H,114,115)(H,116,117)(H,118,119)/t46-,47+,48-,49+,50+,56-,57-,58-,59-,60-,61-,62-,63-,64-,72-,73-,74-/m0/s1. The first-order valence-corrected chi connectivity index (χ1v) is 44.4. The number of hydrogen-bond donors (Lipinski definition) is 25. The van der Waals surface area contributed by atoms with Gasteiger partial charge in [0.15, 0.2) is 0 Å². The number of amides is 16. The van der Waals surface area contributed by atoms with Gasteiger partial charge in [-0.2, -0.15) is 0 Å².